The molecule has 1 radical (unpaired) electrons. The predicted molar refractivity (Wildman–Crippen MR) is 187 cm³/mol. The molecular weight excluding hydrogens is 557 g/mol. The van der Waals surface area contributed by atoms with Gasteiger partial charge in [0.1, 0.15) is 0 Å². The molecule has 4 nitrogen and oxygen atoms in total. The van der Waals surface area contributed by atoms with E-state index in [4.69, 9.17) is 4.43 Å². The number of benzene rings is 1. The quantitative estimate of drug-likeness (QED) is 0.225. The summed E-state index contributed by atoms with van der Waals surface area (Å²) >= 11 is 0. The van der Waals surface area contributed by atoms with Crippen molar-refractivity contribution < 1.29 is 9.22 Å². The van der Waals surface area contributed by atoms with E-state index in [1.807, 2.05) is 0 Å². The van der Waals surface area contributed by atoms with Crippen molar-refractivity contribution in [2.24, 2.45) is 35.6 Å². The monoisotopic (exact) mass is 617 g/mol. The Balaban J connectivity index is 1.19. The summed E-state index contributed by atoms with van der Waals surface area (Å²) in [6.07, 6.45) is 12.8. The molecule has 3 aliphatic carbocycles. The highest BCUT2D eigenvalue weighted by atomic mass is 28.3. The summed E-state index contributed by atoms with van der Waals surface area (Å²) in [5.41, 5.74) is 6.92. The number of aryl methyl sites for hydroxylation is 1. The Morgan fingerprint density at radius 1 is 1.11 bits per heavy atom. The highest BCUT2D eigenvalue weighted by Gasteiger charge is 2.59. The molecule has 44 heavy (non-hydrogen) atoms. The van der Waals surface area contributed by atoms with Crippen LogP contribution in [0.4, 0.5) is 0 Å². The van der Waals surface area contributed by atoms with Crippen LogP contribution in [0.2, 0.25) is 10.6 Å². The smallest absolute Gasteiger partial charge is 0.220 e. The molecule has 2 aromatic rings. The molecule has 0 bridgehead atoms. The van der Waals surface area contributed by atoms with Gasteiger partial charge in [-0.1, -0.05) is 72.6 Å². The van der Waals surface area contributed by atoms with E-state index in [9.17, 15) is 4.79 Å². The van der Waals surface area contributed by atoms with Gasteiger partial charge in [-0.2, -0.15) is 0 Å². The number of rotatable bonds is 9. The summed E-state index contributed by atoms with van der Waals surface area (Å²) in [6, 6.07) is 8.61. The van der Waals surface area contributed by atoms with Crippen LogP contribution in [0.3, 0.4) is 0 Å². The van der Waals surface area contributed by atoms with E-state index >= 15 is 0 Å². The zero-order valence-corrected chi connectivity index (χ0v) is 30.6. The first-order valence-electron chi connectivity index (χ1n) is 17.7. The molecule has 0 aliphatic heterocycles. The van der Waals surface area contributed by atoms with Gasteiger partial charge in [0.05, 0.1) is 6.10 Å². The highest BCUT2D eigenvalue weighted by molar-refractivity contribution is 6.56. The Morgan fingerprint density at radius 3 is 2.57 bits per heavy atom. The van der Waals surface area contributed by atoms with Crippen LogP contribution in [0.15, 0.2) is 41.6 Å². The number of amides is 1. The van der Waals surface area contributed by atoms with E-state index in [0.717, 1.165) is 18.8 Å². The van der Waals surface area contributed by atoms with Gasteiger partial charge in [-0.25, -0.2) is 0 Å². The topological polar surface area (TPSA) is 43.3 Å². The second-order valence-corrected chi connectivity index (χ2v) is 20.5. The number of carbonyl (C=O) groups is 1. The minimum atomic E-state index is -0.928. The Kier molecular flexibility index (Phi) is 9.70. The molecule has 3 aliphatic rings. The number of nitrogens with one attached hydrogen (secondary N) is 1. The summed E-state index contributed by atoms with van der Waals surface area (Å²) < 4.78 is 9.33. The maximum atomic E-state index is 12.9. The maximum Gasteiger partial charge on any atom is 0.220 e. The average Bonchev–Trinajstić information content (AvgIpc) is 3.31. The molecule has 3 unspecified atom stereocenters. The molecule has 1 N–H and O–H groups in total. The zero-order valence-electron chi connectivity index (χ0n) is 29.6. The van der Waals surface area contributed by atoms with Gasteiger partial charge in [-0.3, -0.25) is 4.79 Å². The fraction of sp³-hybridized carbons (Fsp3) is 0.718. The lowest BCUT2D eigenvalue weighted by Crippen LogP contribution is -2.58. The van der Waals surface area contributed by atoms with Gasteiger partial charge in [0, 0.05) is 31.7 Å². The van der Waals surface area contributed by atoms with Crippen LogP contribution in [0.1, 0.15) is 126 Å². The SMILES string of the molecule is CC1=C(CCCC(=O)NCc2ccc3c(ccn3C)c2)C2CCC3C(C)(C)[C@@H](O[Si](C(C)C)C(C)(C)C)CC[C@]3(C)C2CC1. The van der Waals surface area contributed by atoms with Crippen LogP contribution >= 0.6 is 0 Å². The molecule has 0 spiro atoms. The second kappa shape index (κ2) is 12.7. The van der Waals surface area contributed by atoms with Gasteiger partial charge in [0.25, 0.3) is 0 Å². The fourth-order valence-corrected chi connectivity index (χ4v) is 13.2. The summed E-state index contributed by atoms with van der Waals surface area (Å²) in [7, 11) is 1.14. The third-order valence-corrected chi connectivity index (χ3v) is 15.3. The summed E-state index contributed by atoms with van der Waals surface area (Å²) in [6.45, 7) is 22.6. The molecular formula is C39H61N2O2Si. The van der Waals surface area contributed by atoms with Crippen molar-refractivity contribution in [3.05, 3.63) is 47.2 Å². The molecule has 5 heteroatoms. The molecule has 0 saturated heterocycles. The van der Waals surface area contributed by atoms with Crippen LogP contribution in [0.5, 0.6) is 0 Å². The molecule has 5 rings (SSSR count). The second-order valence-electron chi connectivity index (χ2n) is 16.9. The van der Waals surface area contributed by atoms with Crippen molar-refractivity contribution in [2.75, 3.05) is 0 Å². The summed E-state index contributed by atoms with van der Waals surface area (Å²) in [4.78, 5) is 12.9. The Bertz CT molecular complexity index is 1360. The normalized spacial score (nSPS) is 28.8. The molecule has 2 fully saturated rings. The highest BCUT2D eigenvalue weighted by Crippen LogP contribution is 2.65. The molecule has 243 valence electrons. The number of allylic oxidation sites excluding steroid dienone is 2. The van der Waals surface area contributed by atoms with Crippen molar-refractivity contribution in [3.63, 3.8) is 0 Å². The van der Waals surface area contributed by atoms with Crippen LogP contribution in [-0.2, 0) is 22.8 Å². The van der Waals surface area contributed by atoms with Gasteiger partial charge in [0.15, 0.2) is 0 Å². The lowest BCUT2D eigenvalue weighted by Gasteiger charge is -2.63. The lowest BCUT2D eigenvalue weighted by atomic mass is 9.43. The van der Waals surface area contributed by atoms with Crippen LogP contribution in [0, 0.1) is 28.6 Å². The molecule has 1 aromatic heterocycles. The van der Waals surface area contributed by atoms with Crippen molar-refractivity contribution in [1.82, 2.24) is 9.88 Å². The number of fused-ring (bicyclic) bond motifs is 4. The minimum Gasteiger partial charge on any atom is -0.412 e. The number of nitrogens with zero attached hydrogens (tertiary/aromatic N) is 1. The van der Waals surface area contributed by atoms with Crippen molar-refractivity contribution in [3.8, 4) is 0 Å². The van der Waals surface area contributed by atoms with Gasteiger partial charge in [-0.05, 0) is 127 Å². The van der Waals surface area contributed by atoms with E-state index in [2.05, 4.69) is 110 Å². The Morgan fingerprint density at radius 2 is 1.86 bits per heavy atom. The van der Waals surface area contributed by atoms with E-state index in [0.29, 0.717) is 41.9 Å². The first kappa shape index (κ1) is 33.5. The van der Waals surface area contributed by atoms with Crippen LogP contribution in [0.25, 0.3) is 10.9 Å². The zero-order chi connectivity index (χ0) is 32.0. The lowest BCUT2D eigenvalue weighted by molar-refractivity contribution is -0.144. The number of hydrogen-bond donors (Lipinski definition) is 1. The molecule has 1 heterocycles. The number of aromatic nitrogens is 1. The van der Waals surface area contributed by atoms with E-state index in [1.165, 1.54) is 55.0 Å². The molecule has 5 atom stereocenters. The van der Waals surface area contributed by atoms with E-state index < -0.39 is 9.04 Å². The fourth-order valence-electron chi connectivity index (χ4n) is 10.1. The third-order valence-electron chi connectivity index (χ3n) is 12.2. The largest absolute Gasteiger partial charge is 0.412 e. The van der Waals surface area contributed by atoms with E-state index in [1.54, 1.807) is 11.1 Å². The van der Waals surface area contributed by atoms with Gasteiger partial charge in [-0.15, -0.1) is 0 Å². The first-order valence-corrected chi connectivity index (χ1v) is 19.1. The van der Waals surface area contributed by atoms with Crippen molar-refractivity contribution >= 4 is 25.9 Å². The van der Waals surface area contributed by atoms with Crippen molar-refractivity contribution in [1.29, 1.82) is 0 Å². The number of carbonyl (C=O) groups excluding carboxylic acids is 1. The van der Waals surface area contributed by atoms with Gasteiger partial charge < -0.3 is 14.3 Å². The molecule has 1 aromatic carbocycles. The summed E-state index contributed by atoms with van der Waals surface area (Å²) in [5.74, 6) is 2.35. The third kappa shape index (κ3) is 6.52. The van der Waals surface area contributed by atoms with Crippen LogP contribution < -0.4 is 5.32 Å². The van der Waals surface area contributed by atoms with E-state index in [-0.39, 0.29) is 16.4 Å². The molecule has 2 saturated carbocycles. The number of hydrogen-bond acceptors (Lipinski definition) is 2. The predicted octanol–water partition coefficient (Wildman–Crippen LogP) is 10.1. The standard InChI is InChI=1S/C39H61N2O2Si/c1-26(2)44(37(4,5)6)43-35-20-22-39(9)32-17-14-27(3)30(31(32)16-19-34(39)38(35,7)8)12-11-13-36(42)40-25-28-15-18-33-29(24-28)21-23-41(33)10/h15,18,21,23-24,26,31-32,34-35H,11-14,16-17,19-20,22,25H2,1-10H3,(H,40,42)/t31?,32?,34?,35-,39+/m0/s1. The Labute approximate surface area is 270 Å². The minimum absolute atomic E-state index is 0.178. The van der Waals surface area contributed by atoms with Gasteiger partial charge in [0.2, 0.25) is 14.9 Å². The average molecular weight is 618 g/mol. The first-order chi connectivity index (χ1) is 20.6. The molecule has 1 amide bonds. The maximum absolute atomic E-state index is 12.9. The van der Waals surface area contributed by atoms with Gasteiger partial charge >= 0.3 is 0 Å². The Hall–Kier alpha value is -1.85. The summed E-state index contributed by atoms with van der Waals surface area (Å²) in [5, 5.41) is 4.67. The van der Waals surface area contributed by atoms with Crippen molar-refractivity contribution in [2.45, 2.75) is 143 Å². The van der Waals surface area contributed by atoms with Crippen LogP contribution in [-0.4, -0.2) is 25.6 Å².